The van der Waals surface area contributed by atoms with Gasteiger partial charge in [-0.05, 0) is 24.1 Å². The number of halogens is 1. The van der Waals surface area contributed by atoms with Crippen molar-refractivity contribution in [1.82, 2.24) is 4.31 Å². The standard InChI is InChI=1S/C21H27ClN2O5S/c1-5-24(6-2)30(26,27)16-10-7-15(8-11-16)9-12-21(25)23-18-14-19(28-3)17(22)13-20(18)29-4/h7-8,10-11,13-14H,5-6,9,12H2,1-4H3,(H,23,25). The fraction of sp³-hybridized carbons (Fsp3) is 0.381. The van der Waals surface area contributed by atoms with Gasteiger partial charge in [-0.15, -0.1) is 0 Å². The van der Waals surface area contributed by atoms with Gasteiger partial charge in [0.2, 0.25) is 15.9 Å². The molecular weight excluding hydrogens is 428 g/mol. The molecule has 2 aromatic carbocycles. The molecule has 2 aromatic rings. The molecule has 0 fully saturated rings. The molecule has 0 unspecified atom stereocenters. The van der Waals surface area contributed by atoms with Gasteiger partial charge in [-0.3, -0.25) is 4.79 Å². The van der Waals surface area contributed by atoms with Crippen LogP contribution in [0, 0.1) is 0 Å². The fourth-order valence-corrected chi connectivity index (χ4v) is 4.66. The highest BCUT2D eigenvalue weighted by atomic mass is 35.5. The highest BCUT2D eigenvalue weighted by Crippen LogP contribution is 2.35. The van der Waals surface area contributed by atoms with Crippen molar-refractivity contribution in [1.29, 1.82) is 0 Å². The molecule has 30 heavy (non-hydrogen) atoms. The van der Waals surface area contributed by atoms with Crippen molar-refractivity contribution < 1.29 is 22.7 Å². The minimum atomic E-state index is -3.49. The number of aryl methyl sites for hydroxylation is 1. The summed E-state index contributed by atoms with van der Waals surface area (Å²) >= 11 is 6.08. The lowest BCUT2D eigenvalue weighted by Crippen LogP contribution is -2.30. The Kier molecular flexibility index (Phi) is 8.52. The summed E-state index contributed by atoms with van der Waals surface area (Å²) in [5.41, 5.74) is 1.33. The van der Waals surface area contributed by atoms with Crippen LogP contribution >= 0.6 is 11.6 Å². The van der Waals surface area contributed by atoms with Gasteiger partial charge < -0.3 is 14.8 Å². The Hall–Kier alpha value is -2.29. The van der Waals surface area contributed by atoms with E-state index in [4.69, 9.17) is 21.1 Å². The van der Waals surface area contributed by atoms with Crippen LogP contribution in [-0.2, 0) is 21.2 Å². The normalized spacial score (nSPS) is 11.4. The van der Waals surface area contributed by atoms with Crippen LogP contribution in [0.15, 0.2) is 41.3 Å². The van der Waals surface area contributed by atoms with Crippen LogP contribution in [0.2, 0.25) is 5.02 Å². The second-order valence-electron chi connectivity index (χ2n) is 6.47. The third-order valence-corrected chi connectivity index (χ3v) is 7.01. The second-order valence-corrected chi connectivity index (χ2v) is 8.81. The van der Waals surface area contributed by atoms with Gasteiger partial charge in [0.05, 0.1) is 29.8 Å². The van der Waals surface area contributed by atoms with E-state index in [1.165, 1.54) is 18.5 Å². The maximum absolute atomic E-state index is 12.5. The van der Waals surface area contributed by atoms with Crippen molar-refractivity contribution >= 4 is 33.2 Å². The van der Waals surface area contributed by atoms with Gasteiger partial charge in [-0.25, -0.2) is 8.42 Å². The van der Waals surface area contributed by atoms with Crippen LogP contribution in [0.25, 0.3) is 0 Å². The lowest BCUT2D eigenvalue weighted by molar-refractivity contribution is -0.116. The van der Waals surface area contributed by atoms with Crippen LogP contribution in [-0.4, -0.2) is 45.9 Å². The first-order valence-corrected chi connectivity index (χ1v) is 11.4. The predicted octanol–water partition coefficient (Wildman–Crippen LogP) is 3.96. The molecule has 0 heterocycles. The SMILES string of the molecule is CCN(CC)S(=O)(=O)c1ccc(CCC(=O)Nc2cc(OC)c(Cl)cc2OC)cc1. The summed E-state index contributed by atoms with van der Waals surface area (Å²) < 4.78 is 36.9. The maximum atomic E-state index is 12.5. The highest BCUT2D eigenvalue weighted by molar-refractivity contribution is 7.89. The van der Waals surface area contributed by atoms with E-state index in [-0.39, 0.29) is 17.2 Å². The number of nitrogens with one attached hydrogen (secondary N) is 1. The van der Waals surface area contributed by atoms with E-state index < -0.39 is 10.0 Å². The molecule has 0 saturated heterocycles. The summed E-state index contributed by atoms with van der Waals surface area (Å²) in [6, 6.07) is 9.80. The molecule has 0 saturated carbocycles. The summed E-state index contributed by atoms with van der Waals surface area (Å²) in [6.45, 7) is 4.44. The quantitative estimate of drug-likeness (QED) is 0.587. The summed E-state index contributed by atoms with van der Waals surface area (Å²) in [7, 11) is -0.513. The molecule has 0 aliphatic rings. The minimum Gasteiger partial charge on any atom is -0.495 e. The number of hydrogen-bond donors (Lipinski definition) is 1. The molecule has 0 spiro atoms. The average molecular weight is 455 g/mol. The van der Waals surface area contributed by atoms with Crippen molar-refractivity contribution in [2.24, 2.45) is 0 Å². The summed E-state index contributed by atoms with van der Waals surface area (Å²) in [5, 5.41) is 3.18. The van der Waals surface area contributed by atoms with E-state index in [1.807, 2.05) is 0 Å². The Bertz CT molecular complexity index is 974. The van der Waals surface area contributed by atoms with E-state index >= 15 is 0 Å². The van der Waals surface area contributed by atoms with Gasteiger partial charge in [0, 0.05) is 31.6 Å². The zero-order chi connectivity index (χ0) is 22.3. The van der Waals surface area contributed by atoms with E-state index in [2.05, 4.69) is 5.32 Å². The Morgan fingerprint density at radius 2 is 1.63 bits per heavy atom. The van der Waals surface area contributed by atoms with Crippen LogP contribution in [0.1, 0.15) is 25.8 Å². The summed E-state index contributed by atoms with van der Waals surface area (Å²) in [6.07, 6.45) is 0.681. The zero-order valence-electron chi connectivity index (χ0n) is 17.6. The van der Waals surface area contributed by atoms with Crippen LogP contribution in [0.3, 0.4) is 0 Å². The molecule has 2 rings (SSSR count). The van der Waals surface area contributed by atoms with Crippen LogP contribution in [0.5, 0.6) is 11.5 Å². The van der Waals surface area contributed by atoms with E-state index in [1.54, 1.807) is 50.2 Å². The summed E-state index contributed by atoms with van der Waals surface area (Å²) in [5.74, 6) is 0.649. The van der Waals surface area contributed by atoms with E-state index in [9.17, 15) is 13.2 Å². The van der Waals surface area contributed by atoms with Crippen molar-refractivity contribution in [2.75, 3.05) is 32.6 Å². The lowest BCUT2D eigenvalue weighted by Gasteiger charge is -2.18. The van der Waals surface area contributed by atoms with Gasteiger partial charge in [0.25, 0.3) is 0 Å². The van der Waals surface area contributed by atoms with E-state index in [0.29, 0.717) is 41.7 Å². The molecular formula is C21H27ClN2O5S. The Labute approximate surface area is 183 Å². The number of amides is 1. The molecule has 1 amide bonds. The molecule has 0 aliphatic heterocycles. The lowest BCUT2D eigenvalue weighted by atomic mass is 10.1. The summed E-state index contributed by atoms with van der Waals surface area (Å²) in [4.78, 5) is 12.6. The van der Waals surface area contributed by atoms with E-state index in [0.717, 1.165) is 5.56 Å². The van der Waals surface area contributed by atoms with Gasteiger partial charge in [0.1, 0.15) is 11.5 Å². The van der Waals surface area contributed by atoms with Crippen molar-refractivity contribution in [3.05, 3.63) is 47.0 Å². The molecule has 164 valence electrons. The third-order valence-electron chi connectivity index (χ3n) is 4.66. The molecule has 7 nitrogen and oxygen atoms in total. The first-order valence-electron chi connectivity index (χ1n) is 9.57. The molecule has 0 bridgehead atoms. The number of hydrogen-bond acceptors (Lipinski definition) is 5. The zero-order valence-corrected chi connectivity index (χ0v) is 19.1. The van der Waals surface area contributed by atoms with Gasteiger partial charge in [0.15, 0.2) is 0 Å². The maximum Gasteiger partial charge on any atom is 0.243 e. The number of carbonyl (C=O) groups excluding carboxylic acids is 1. The van der Waals surface area contributed by atoms with Crippen molar-refractivity contribution in [3.63, 3.8) is 0 Å². The number of rotatable bonds is 10. The molecule has 0 radical (unpaired) electrons. The number of nitrogens with zero attached hydrogens (tertiary/aromatic N) is 1. The third kappa shape index (κ3) is 5.65. The fourth-order valence-electron chi connectivity index (χ4n) is 2.97. The molecule has 0 aromatic heterocycles. The van der Waals surface area contributed by atoms with Gasteiger partial charge in [-0.2, -0.15) is 4.31 Å². The topological polar surface area (TPSA) is 84.9 Å². The highest BCUT2D eigenvalue weighted by Gasteiger charge is 2.21. The molecule has 1 N–H and O–H groups in total. The van der Waals surface area contributed by atoms with Gasteiger partial charge in [-0.1, -0.05) is 37.6 Å². The number of ether oxygens (including phenoxy) is 2. The van der Waals surface area contributed by atoms with Crippen LogP contribution in [0.4, 0.5) is 5.69 Å². The van der Waals surface area contributed by atoms with Crippen LogP contribution < -0.4 is 14.8 Å². The Balaban J connectivity index is 2.04. The Morgan fingerprint density at radius 3 is 2.17 bits per heavy atom. The molecule has 0 atom stereocenters. The van der Waals surface area contributed by atoms with Crippen molar-refractivity contribution in [3.8, 4) is 11.5 Å². The average Bonchev–Trinajstić information content (AvgIpc) is 2.74. The second kappa shape index (κ2) is 10.7. The smallest absolute Gasteiger partial charge is 0.243 e. The number of benzene rings is 2. The molecule has 0 aliphatic carbocycles. The predicted molar refractivity (Wildman–Crippen MR) is 118 cm³/mol. The Morgan fingerprint density at radius 1 is 1.03 bits per heavy atom. The van der Waals surface area contributed by atoms with Gasteiger partial charge >= 0.3 is 0 Å². The number of sulfonamides is 1. The van der Waals surface area contributed by atoms with Crippen molar-refractivity contribution in [2.45, 2.75) is 31.6 Å². The number of carbonyl (C=O) groups is 1. The number of methoxy groups -OCH3 is 2. The first kappa shape index (κ1) is 24.0. The minimum absolute atomic E-state index is 0.211. The largest absolute Gasteiger partial charge is 0.495 e. The first-order chi connectivity index (χ1) is 14.3. The monoisotopic (exact) mass is 454 g/mol. The number of anilines is 1. The molecule has 9 heteroatoms.